The van der Waals surface area contributed by atoms with Gasteiger partial charge in [-0.2, -0.15) is 8.42 Å². The molecular weight excluding hydrogens is 180 g/mol. The second-order valence-electron chi connectivity index (χ2n) is 1.21. The van der Waals surface area contributed by atoms with Crippen molar-refractivity contribution >= 4 is 22.0 Å². The summed E-state index contributed by atoms with van der Waals surface area (Å²) >= 11 is 4.76. The lowest BCUT2D eigenvalue weighted by Gasteiger charge is -1.82. The van der Waals surface area contributed by atoms with E-state index in [-0.39, 0.29) is 13.2 Å². The Bertz CT molecular complexity index is 173. The highest BCUT2D eigenvalue weighted by molar-refractivity contribution is 7.82. The third kappa shape index (κ3) is 4.75. The largest absolute Gasteiger partial charge is 0.400 e. The van der Waals surface area contributed by atoms with E-state index in [1.165, 1.54) is 5.54 Å². The van der Waals surface area contributed by atoms with E-state index in [1.54, 1.807) is 0 Å². The summed E-state index contributed by atoms with van der Waals surface area (Å²) in [5.41, 5.74) is 1.22. The van der Waals surface area contributed by atoms with Gasteiger partial charge in [-0.3, -0.25) is 0 Å². The molecule has 0 bridgehead atoms. The van der Waals surface area contributed by atoms with E-state index in [0.717, 1.165) is 0 Å². The molecule has 0 aromatic carbocycles. The normalized spacial score (nSPS) is 20.9. The molecule has 10 heavy (non-hydrogen) atoms. The SMILES string of the molecule is C=CCl.O=S1(=O)OCCO1. The lowest BCUT2D eigenvalue weighted by molar-refractivity contribution is 0.360. The minimum absolute atomic E-state index is 0.155. The van der Waals surface area contributed by atoms with E-state index in [4.69, 9.17) is 11.6 Å². The van der Waals surface area contributed by atoms with Crippen molar-refractivity contribution < 1.29 is 16.8 Å². The van der Waals surface area contributed by atoms with Crippen LogP contribution in [-0.4, -0.2) is 21.6 Å². The van der Waals surface area contributed by atoms with Crippen LogP contribution >= 0.6 is 11.6 Å². The fourth-order valence-corrected chi connectivity index (χ4v) is 0.919. The molecule has 0 radical (unpaired) electrons. The van der Waals surface area contributed by atoms with Crippen LogP contribution < -0.4 is 0 Å². The van der Waals surface area contributed by atoms with Gasteiger partial charge in [0.05, 0.1) is 13.2 Å². The van der Waals surface area contributed by atoms with Gasteiger partial charge in [-0.25, -0.2) is 8.37 Å². The third-order valence-corrected chi connectivity index (χ3v) is 1.45. The van der Waals surface area contributed by atoms with Crippen LogP contribution in [0.2, 0.25) is 0 Å². The van der Waals surface area contributed by atoms with Gasteiger partial charge in [0, 0.05) is 0 Å². The van der Waals surface area contributed by atoms with E-state index in [0.29, 0.717) is 0 Å². The molecule has 1 saturated heterocycles. The Balaban J connectivity index is 0.000000236. The predicted octanol–water partition coefficient (Wildman–Crippen LogP) is 0.647. The summed E-state index contributed by atoms with van der Waals surface area (Å²) in [6.45, 7) is 3.44. The molecule has 0 aromatic rings. The first kappa shape index (κ1) is 9.90. The number of rotatable bonds is 0. The van der Waals surface area contributed by atoms with Crippen LogP contribution in [0.5, 0.6) is 0 Å². The number of hydrogen-bond acceptors (Lipinski definition) is 4. The van der Waals surface area contributed by atoms with E-state index < -0.39 is 10.4 Å². The quantitative estimate of drug-likeness (QED) is 0.558. The molecular formula is C4H7ClO4S. The van der Waals surface area contributed by atoms with Gasteiger partial charge in [0.2, 0.25) is 0 Å². The molecule has 1 heterocycles. The summed E-state index contributed by atoms with van der Waals surface area (Å²) in [6.07, 6.45) is 0. The molecule has 0 unspecified atom stereocenters. The maximum absolute atomic E-state index is 9.99. The zero-order valence-corrected chi connectivity index (χ0v) is 6.69. The van der Waals surface area contributed by atoms with Crippen LogP contribution in [0.25, 0.3) is 0 Å². The van der Waals surface area contributed by atoms with Crippen LogP contribution in [-0.2, 0) is 18.8 Å². The molecule has 6 heteroatoms. The number of hydrogen-bond donors (Lipinski definition) is 0. The molecule has 0 spiro atoms. The minimum atomic E-state index is -3.55. The Morgan fingerprint density at radius 3 is 1.80 bits per heavy atom. The van der Waals surface area contributed by atoms with Crippen molar-refractivity contribution in [1.29, 1.82) is 0 Å². The second kappa shape index (κ2) is 4.68. The van der Waals surface area contributed by atoms with Gasteiger partial charge in [-0.05, 0) is 5.54 Å². The van der Waals surface area contributed by atoms with Gasteiger partial charge in [0.25, 0.3) is 0 Å². The van der Waals surface area contributed by atoms with E-state index in [9.17, 15) is 8.42 Å². The van der Waals surface area contributed by atoms with Gasteiger partial charge in [0.15, 0.2) is 0 Å². The van der Waals surface area contributed by atoms with Gasteiger partial charge >= 0.3 is 10.4 Å². The molecule has 60 valence electrons. The lowest BCUT2D eigenvalue weighted by Crippen LogP contribution is -1.94. The molecule has 0 N–H and O–H groups in total. The summed E-state index contributed by atoms with van der Waals surface area (Å²) in [7, 11) is -3.55. The molecule has 1 aliphatic heterocycles. The van der Waals surface area contributed by atoms with Crippen molar-refractivity contribution in [3.05, 3.63) is 12.1 Å². The van der Waals surface area contributed by atoms with Crippen molar-refractivity contribution in [3.63, 3.8) is 0 Å². The topological polar surface area (TPSA) is 52.6 Å². The van der Waals surface area contributed by atoms with E-state index in [1.807, 2.05) is 0 Å². The maximum Gasteiger partial charge on any atom is 0.400 e. The first-order valence-electron chi connectivity index (χ1n) is 2.37. The van der Waals surface area contributed by atoms with Crippen molar-refractivity contribution in [2.24, 2.45) is 0 Å². The van der Waals surface area contributed by atoms with E-state index >= 15 is 0 Å². The van der Waals surface area contributed by atoms with Gasteiger partial charge in [0.1, 0.15) is 0 Å². The Labute approximate surface area is 64.7 Å². The fraction of sp³-hybridized carbons (Fsp3) is 0.500. The summed E-state index contributed by atoms with van der Waals surface area (Å²) < 4.78 is 28.2. The molecule has 0 atom stereocenters. The lowest BCUT2D eigenvalue weighted by atomic mass is 10.8. The Morgan fingerprint density at radius 2 is 1.70 bits per heavy atom. The molecule has 0 aromatic heterocycles. The molecule has 0 saturated carbocycles. The van der Waals surface area contributed by atoms with Crippen LogP contribution in [0.1, 0.15) is 0 Å². The predicted molar refractivity (Wildman–Crippen MR) is 36.9 cm³/mol. The van der Waals surface area contributed by atoms with E-state index in [2.05, 4.69) is 14.9 Å². The van der Waals surface area contributed by atoms with Crippen molar-refractivity contribution in [2.75, 3.05) is 13.2 Å². The molecule has 0 amide bonds. The van der Waals surface area contributed by atoms with Crippen molar-refractivity contribution in [1.82, 2.24) is 0 Å². The summed E-state index contributed by atoms with van der Waals surface area (Å²) in [4.78, 5) is 0. The summed E-state index contributed by atoms with van der Waals surface area (Å²) in [5.74, 6) is 0. The van der Waals surface area contributed by atoms with Crippen LogP contribution in [0.3, 0.4) is 0 Å². The highest BCUT2D eigenvalue weighted by Crippen LogP contribution is 2.02. The first-order chi connectivity index (χ1) is 4.62. The zero-order valence-electron chi connectivity index (χ0n) is 5.12. The van der Waals surface area contributed by atoms with Gasteiger partial charge in [-0.1, -0.05) is 18.2 Å². The minimum Gasteiger partial charge on any atom is -0.246 e. The molecule has 1 rings (SSSR count). The fourth-order valence-electron chi connectivity index (χ4n) is 0.306. The Kier molecular flexibility index (Phi) is 4.63. The van der Waals surface area contributed by atoms with Crippen LogP contribution in [0.4, 0.5) is 0 Å². The van der Waals surface area contributed by atoms with Crippen LogP contribution in [0, 0.1) is 0 Å². The smallest absolute Gasteiger partial charge is 0.246 e. The first-order valence-corrected chi connectivity index (χ1v) is 4.14. The maximum atomic E-state index is 9.99. The summed E-state index contributed by atoms with van der Waals surface area (Å²) in [5, 5.41) is 0. The number of halogens is 1. The average molecular weight is 187 g/mol. The van der Waals surface area contributed by atoms with Crippen molar-refractivity contribution in [3.8, 4) is 0 Å². The molecule has 1 fully saturated rings. The average Bonchev–Trinajstić information content (AvgIpc) is 2.16. The van der Waals surface area contributed by atoms with Gasteiger partial charge < -0.3 is 0 Å². The second-order valence-corrected chi connectivity index (χ2v) is 2.80. The summed E-state index contributed by atoms with van der Waals surface area (Å²) in [6, 6.07) is 0. The highest BCUT2D eigenvalue weighted by atomic mass is 35.5. The monoisotopic (exact) mass is 186 g/mol. The Hall–Kier alpha value is -0.100. The van der Waals surface area contributed by atoms with Crippen LogP contribution in [0.15, 0.2) is 12.1 Å². The molecule has 0 aliphatic carbocycles. The Morgan fingerprint density at radius 1 is 1.40 bits per heavy atom. The third-order valence-electron chi connectivity index (χ3n) is 0.539. The van der Waals surface area contributed by atoms with Crippen molar-refractivity contribution in [2.45, 2.75) is 0 Å². The zero-order chi connectivity index (χ0) is 8.04. The molecule has 1 aliphatic rings. The van der Waals surface area contributed by atoms with Gasteiger partial charge in [-0.15, -0.1) is 0 Å². The molecule has 4 nitrogen and oxygen atoms in total. The standard InChI is InChI=1S/C2H3Cl.C2H4O4S/c1-2-3;3-7(4)5-1-2-6-7/h2H,1H2;1-2H2. The highest BCUT2D eigenvalue weighted by Gasteiger charge is 2.17.